The minimum atomic E-state index is -0.225. The maximum Gasteiger partial charge on any atom is 0.247 e. The number of aryl methyl sites for hydroxylation is 1. The number of halogens is 1. The molecular formula is C26H26ClNO. The molecule has 0 bridgehead atoms. The van der Waals surface area contributed by atoms with Crippen LogP contribution >= 0.6 is 11.6 Å². The lowest BCUT2D eigenvalue weighted by Gasteiger charge is -2.10. The van der Waals surface area contributed by atoms with E-state index in [1.54, 1.807) is 0 Å². The quantitative estimate of drug-likeness (QED) is 0.305. The molecular weight excluding hydrogens is 378 g/mol. The van der Waals surface area contributed by atoms with Crippen molar-refractivity contribution >= 4 is 23.2 Å². The van der Waals surface area contributed by atoms with Crippen LogP contribution in [0.1, 0.15) is 31.7 Å². The lowest BCUT2D eigenvalue weighted by Crippen LogP contribution is -2.06. The predicted octanol–water partition coefficient (Wildman–Crippen LogP) is 7.53. The zero-order valence-electron chi connectivity index (χ0n) is 16.7. The minimum Gasteiger partial charge on any atom is -0.323 e. The maximum atomic E-state index is 11.4. The van der Waals surface area contributed by atoms with Crippen LogP contribution in [0, 0.1) is 0 Å². The molecule has 0 spiro atoms. The SMILES string of the molecule is C=CC(=O)Nc1ccc(-c2ccc(-c3ccc(CCCCC)cc3)cc2Cl)cc1. The number of benzene rings is 3. The first-order chi connectivity index (χ1) is 14.1. The number of carbonyl (C=O) groups is 1. The average Bonchev–Trinajstić information content (AvgIpc) is 2.75. The Balaban J connectivity index is 1.74. The van der Waals surface area contributed by atoms with E-state index in [0.717, 1.165) is 28.8 Å². The number of rotatable bonds is 8. The van der Waals surface area contributed by atoms with E-state index in [1.807, 2.05) is 36.4 Å². The number of anilines is 1. The molecule has 0 saturated carbocycles. The van der Waals surface area contributed by atoms with Crippen molar-refractivity contribution in [3.63, 3.8) is 0 Å². The van der Waals surface area contributed by atoms with E-state index < -0.39 is 0 Å². The molecule has 3 aromatic rings. The molecule has 0 aromatic heterocycles. The topological polar surface area (TPSA) is 29.1 Å². The molecule has 2 nitrogen and oxygen atoms in total. The monoisotopic (exact) mass is 403 g/mol. The van der Waals surface area contributed by atoms with Gasteiger partial charge in [-0.15, -0.1) is 0 Å². The highest BCUT2D eigenvalue weighted by Gasteiger charge is 2.07. The van der Waals surface area contributed by atoms with Gasteiger partial charge in [0, 0.05) is 16.3 Å². The van der Waals surface area contributed by atoms with Gasteiger partial charge in [-0.25, -0.2) is 0 Å². The Labute approximate surface area is 178 Å². The minimum absolute atomic E-state index is 0.225. The Kier molecular flexibility index (Phi) is 7.26. The third-order valence-corrected chi connectivity index (χ3v) is 5.29. The van der Waals surface area contributed by atoms with Crippen molar-refractivity contribution in [2.75, 3.05) is 5.32 Å². The Morgan fingerprint density at radius 1 is 0.931 bits per heavy atom. The molecule has 0 aliphatic heterocycles. The zero-order chi connectivity index (χ0) is 20.6. The van der Waals surface area contributed by atoms with E-state index in [9.17, 15) is 4.79 Å². The molecule has 0 heterocycles. The third-order valence-electron chi connectivity index (χ3n) is 4.97. The number of nitrogens with one attached hydrogen (secondary N) is 1. The van der Waals surface area contributed by atoms with Crippen molar-refractivity contribution in [3.05, 3.63) is 90.0 Å². The molecule has 3 aromatic carbocycles. The molecule has 0 aliphatic carbocycles. The summed E-state index contributed by atoms with van der Waals surface area (Å²) in [6.45, 7) is 5.69. The smallest absolute Gasteiger partial charge is 0.247 e. The van der Waals surface area contributed by atoms with Crippen molar-refractivity contribution in [3.8, 4) is 22.3 Å². The van der Waals surface area contributed by atoms with Crippen LogP contribution in [0.4, 0.5) is 5.69 Å². The summed E-state index contributed by atoms with van der Waals surface area (Å²) in [6, 6.07) is 22.5. The zero-order valence-corrected chi connectivity index (χ0v) is 17.5. The molecule has 0 unspecified atom stereocenters. The maximum absolute atomic E-state index is 11.4. The van der Waals surface area contributed by atoms with Crippen LogP contribution in [-0.4, -0.2) is 5.91 Å². The first kappa shape index (κ1) is 20.9. The summed E-state index contributed by atoms with van der Waals surface area (Å²) in [6.07, 6.45) is 6.15. The van der Waals surface area contributed by atoms with Crippen molar-refractivity contribution in [2.45, 2.75) is 32.6 Å². The first-order valence-electron chi connectivity index (χ1n) is 10.0. The Morgan fingerprint density at radius 2 is 1.59 bits per heavy atom. The average molecular weight is 404 g/mol. The Morgan fingerprint density at radius 3 is 2.21 bits per heavy atom. The fourth-order valence-electron chi connectivity index (χ4n) is 3.30. The van der Waals surface area contributed by atoms with E-state index in [-0.39, 0.29) is 5.91 Å². The molecule has 3 rings (SSSR count). The second-order valence-corrected chi connectivity index (χ2v) is 7.53. The molecule has 1 N–H and O–H groups in total. The van der Waals surface area contributed by atoms with Gasteiger partial charge in [0.25, 0.3) is 0 Å². The van der Waals surface area contributed by atoms with Gasteiger partial charge in [0.1, 0.15) is 0 Å². The number of amides is 1. The predicted molar refractivity (Wildman–Crippen MR) is 124 cm³/mol. The van der Waals surface area contributed by atoms with Gasteiger partial charge in [-0.1, -0.05) is 86.5 Å². The van der Waals surface area contributed by atoms with Crippen LogP contribution in [0.15, 0.2) is 79.4 Å². The molecule has 0 radical (unpaired) electrons. The summed E-state index contributed by atoms with van der Waals surface area (Å²) in [5, 5.41) is 3.45. The number of unbranched alkanes of at least 4 members (excludes halogenated alkanes) is 2. The van der Waals surface area contributed by atoms with Gasteiger partial charge in [0.05, 0.1) is 0 Å². The fourth-order valence-corrected chi connectivity index (χ4v) is 3.59. The highest BCUT2D eigenvalue weighted by molar-refractivity contribution is 6.33. The first-order valence-corrected chi connectivity index (χ1v) is 10.4. The largest absolute Gasteiger partial charge is 0.323 e. The van der Waals surface area contributed by atoms with Gasteiger partial charge in [0.15, 0.2) is 0 Å². The summed E-state index contributed by atoms with van der Waals surface area (Å²) in [5.74, 6) is -0.225. The van der Waals surface area contributed by atoms with Crippen LogP contribution in [0.25, 0.3) is 22.3 Å². The van der Waals surface area contributed by atoms with Crippen molar-refractivity contribution < 1.29 is 4.79 Å². The molecule has 148 valence electrons. The third kappa shape index (κ3) is 5.58. The highest BCUT2D eigenvalue weighted by Crippen LogP contribution is 2.33. The second-order valence-electron chi connectivity index (χ2n) is 7.12. The lowest BCUT2D eigenvalue weighted by atomic mass is 9.98. The van der Waals surface area contributed by atoms with Gasteiger partial charge >= 0.3 is 0 Å². The van der Waals surface area contributed by atoms with Gasteiger partial charge in [-0.3, -0.25) is 4.79 Å². The molecule has 29 heavy (non-hydrogen) atoms. The summed E-state index contributed by atoms with van der Waals surface area (Å²) in [7, 11) is 0. The number of hydrogen-bond acceptors (Lipinski definition) is 1. The number of hydrogen-bond donors (Lipinski definition) is 1. The second kappa shape index (κ2) is 10.1. The van der Waals surface area contributed by atoms with Crippen molar-refractivity contribution in [1.82, 2.24) is 0 Å². The van der Waals surface area contributed by atoms with E-state index in [2.05, 4.69) is 49.2 Å². The van der Waals surface area contributed by atoms with E-state index >= 15 is 0 Å². The van der Waals surface area contributed by atoms with Gasteiger partial charge in [0.2, 0.25) is 5.91 Å². The normalized spacial score (nSPS) is 10.6. The Hall–Kier alpha value is -2.84. The summed E-state index contributed by atoms with van der Waals surface area (Å²) < 4.78 is 0. The van der Waals surface area contributed by atoms with E-state index in [1.165, 1.54) is 36.5 Å². The summed E-state index contributed by atoms with van der Waals surface area (Å²) in [4.78, 5) is 11.4. The van der Waals surface area contributed by atoms with Gasteiger partial charge in [-0.2, -0.15) is 0 Å². The van der Waals surface area contributed by atoms with Crippen molar-refractivity contribution in [1.29, 1.82) is 0 Å². The van der Waals surface area contributed by atoms with Gasteiger partial charge in [-0.05, 0) is 59.4 Å². The molecule has 1 amide bonds. The molecule has 3 heteroatoms. The van der Waals surface area contributed by atoms with E-state index in [4.69, 9.17) is 11.6 Å². The standard InChI is InChI=1S/C26H26ClNO/c1-3-5-6-7-19-8-10-20(11-9-19)22-14-17-24(25(27)18-22)21-12-15-23(16-13-21)28-26(29)4-2/h4,8-18H,2-3,5-7H2,1H3,(H,28,29). The molecule has 0 saturated heterocycles. The molecule has 0 atom stereocenters. The lowest BCUT2D eigenvalue weighted by molar-refractivity contribution is -0.111. The van der Waals surface area contributed by atoms with E-state index in [0.29, 0.717) is 5.02 Å². The summed E-state index contributed by atoms with van der Waals surface area (Å²) >= 11 is 6.59. The van der Waals surface area contributed by atoms with Crippen LogP contribution in [0.5, 0.6) is 0 Å². The number of carbonyl (C=O) groups excluding carboxylic acids is 1. The van der Waals surface area contributed by atoms with Crippen LogP contribution < -0.4 is 5.32 Å². The van der Waals surface area contributed by atoms with Crippen LogP contribution in [0.3, 0.4) is 0 Å². The molecule has 0 aliphatic rings. The fraction of sp³-hybridized carbons (Fsp3) is 0.192. The Bertz CT molecular complexity index is 975. The van der Waals surface area contributed by atoms with Crippen LogP contribution in [0.2, 0.25) is 5.02 Å². The summed E-state index contributed by atoms with van der Waals surface area (Å²) in [5.41, 5.74) is 6.35. The van der Waals surface area contributed by atoms with Crippen molar-refractivity contribution in [2.24, 2.45) is 0 Å². The van der Waals surface area contributed by atoms with Gasteiger partial charge < -0.3 is 5.32 Å². The highest BCUT2D eigenvalue weighted by atomic mass is 35.5. The van der Waals surface area contributed by atoms with Crippen LogP contribution in [-0.2, 0) is 11.2 Å². The molecule has 0 fully saturated rings.